The Hall–Kier alpha value is -1.66. The van der Waals surface area contributed by atoms with Crippen LogP contribution in [-0.4, -0.2) is 66.2 Å². The van der Waals surface area contributed by atoms with E-state index in [9.17, 15) is 4.79 Å². The first-order chi connectivity index (χ1) is 12.2. The van der Waals surface area contributed by atoms with Gasteiger partial charge in [0, 0.05) is 45.0 Å². The van der Waals surface area contributed by atoms with E-state index in [0.717, 1.165) is 31.9 Å². The van der Waals surface area contributed by atoms with Crippen LogP contribution in [0.3, 0.4) is 0 Å². The molecule has 1 aromatic heterocycles. The molecule has 6 nitrogen and oxygen atoms in total. The third-order valence-corrected chi connectivity index (χ3v) is 5.30. The fraction of sp³-hybridized carbons (Fsp3) is 0.684. The normalized spacial score (nSPS) is 20.6. The van der Waals surface area contributed by atoms with E-state index in [4.69, 9.17) is 4.74 Å². The number of carbonyl (C=O) groups is 1. The number of ether oxygens (including phenoxy) is 1. The predicted molar refractivity (Wildman–Crippen MR) is 97.4 cm³/mol. The molecule has 6 heteroatoms. The van der Waals surface area contributed by atoms with Gasteiger partial charge in [-0.05, 0) is 31.9 Å². The first-order valence-electron chi connectivity index (χ1n) is 9.53. The number of nitrogens with one attached hydrogen (secondary N) is 1. The van der Waals surface area contributed by atoms with Gasteiger partial charge in [0.1, 0.15) is 0 Å². The summed E-state index contributed by atoms with van der Waals surface area (Å²) in [5.74, 6) is 0. The Kier molecular flexibility index (Phi) is 6.64. The summed E-state index contributed by atoms with van der Waals surface area (Å²) in [6.45, 7) is 6.66. The Morgan fingerprint density at radius 3 is 2.72 bits per heavy atom. The summed E-state index contributed by atoms with van der Waals surface area (Å²) in [4.78, 5) is 21.0. The Morgan fingerprint density at radius 2 is 2.04 bits per heavy atom. The zero-order chi connectivity index (χ0) is 17.5. The summed E-state index contributed by atoms with van der Waals surface area (Å²) >= 11 is 0. The molecular formula is C19H30N4O2. The van der Waals surface area contributed by atoms with Crippen LogP contribution in [0, 0.1) is 0 Å². The zero-order valence-corrected chi connectivity index (χ0v) is 15.2. The van der Waals surface area contributed by atoms with E-state index >= 15 is 0 Å². The molecule has 1 atom stereocenters. The molecule has 3 rings (SSSR count). The van der Waals surface area contributed by atoms with Gasteiger partial charge in [0.25, 0.3) is 0 Å². The van der Waals surface area contributed by atoms with E-state index in [1.807, 2.05) is 23.2 Å². The summed E-state index contributed by atoms with van der Waals surface area (Å²) < 4.78 is 5.79. The van der Waals surface area contributed by atoms with Gasteiger partial charge in [0.05, 0.1) is 18.4 Å². The van der Waals surface area contributed by atoms with Crippen LogP contribution in [0.4, 0.5) is 4.79 Å². The molecule has 0 spiro atoms. The third-order valence-electron chi connectivity index (χ3n) is 5.30. The number of hydrogen-bond donors (Lipinski definition) is 1. The lowest BCUT2D eigenvalue weighted by Gasteiger charge is -2.37. The van der Waals surface area contributed by atoms with Gasteiger partial charge in [-0.1, -0.05) is 18.9 Å². The van der Waals surface area contributed by atoms with Crippen molar-refractivity contribution in [2.24, 2.45) is 0 Å². The van der Waals surface area contributed by atoms with Crippen molar-refractivity contribution in [3.8, 4) is 0 Å². The smallest absolute Gasteiger partial charge is 0.317 e. The number of urea groups is 1. The van der Waals surface area contributed by atoms with E-state index < -0.39 is 0 Å². The molecule has 1 N–H and O–H groups in total. The van der Waals surface area contributed by atoms with Crippen molar-refractivity contribution in [2.45, 2.75) is 44.8 Å². The number of amides is 2. The highest BCUT2D eigenvalue weighted by molar-refractivity contribution is 5.74. The van der Waals surface area contributed by atoms with Crippen molar-refractivity contribution < 1.29 is 9.53 Å². The van der Waals surface area contributed by atoms with E-state index in [2.05, 4.69) is 28.2 Å². The molecule has 2 amide bonds. The molecule has 1 aliphatic heterocycles. The number of rotatable bonds is 6. The maximum absolute atomic E-state index is 12.3. The van der Waals surface area contributed by atoms with Crippen molar-refractivity contribution in [3.05, 3.63) is 30.1 Å². The molecule has 0 bridgehead atoms. The Balaban J connectivity index is 1.34. The topological polar surface area (TPSA) is 57.7 Å². The summed E-state index contributed by atoms with van der Waals surface area (Å²) in [6, 6.07) is 6.34. The van der Waals surface area contributed by atoms with Crippen LogP contribution in [0.1, 0.15) is 44.3 Å². The number of piperazine rings is 1. The summed E-state index contributed by atoms with van der Waals surface area (Å²) in [5, 5.41) is 2.98. The maximum Gasteiger partial charge on any atom is 0.317 e. The Labute approximate surface area is 150 Å². The average molecular weight is 346 g/mol. The quantitative estimate of drug-likeness (QED) is 0.804. The molecule has 1 saturated heterocycles. The summed E-state index contributed by atoms with van der Waals surface area (Å²) in [7, 11) is 0. The molecule has 1 aliphatic carbocycles. The molecule has 2 heterocycles. The SMILES string of the molecule is C[C@H](c1ccccn1)N1CCN(C(=O)NCCOC2CCCC2)CC1. The van der Waals surface area contributed by atoms with Gasteiger partial charge in [-0.3, -0.25) is 9.88 Å². The van der Waals surface area contributed by atoms with Crippen LogP contribution in [-0.2, 0) is 4.74 Å². The first-order valence-corrected chi connectivity index (χ1v) is 9.53. The molecule has 0 aromatic carbocycles. The number of nitrogens with zero attached hydrogens (tertiary/aromatic N) is 3. The van der Waals surface area contributed by atoms with Gasteiger partial charge in [-0.15, -0.1) is 0 Å². The standard InChI is InChI=1S/C19H30N4O2/c1-16(18-8-4-5-9-20-18)22-11-13-23(14-12-22)19(24)21-10-15-25-17-6-2-3-7-17/h4-5,8-9,16-17H,2-3,6-7,10-15H2,1H3,(H,21,24)/t16-/m1/s1. The molecular weight excluding hydrogens is 316 g/mol. The van der Waals surface area contributed by atoms with Crippen molar-refractivity contribution >= 4 is 6.03 Å². The van der Waals surface area contributed by atoms with Crippen molar-refractivity contribution in [2.75, 3.05) is 39.3 Å². The highest BCUT2D eigenvalue weighted by Crippen LogP contribution is 2.21. The minimum absolute atomic E-state index is 0.0279. The molecule has 0 unspecified atom stereocenters. The number of aromatic nitrogens is 1. The zero-order valence-electron chi connectivity index (χ0n) is 15.2. The van der Waals surface area contributed by atoms with Crippen LogP contribution in [0.15, 0.2) is 24.4 Å². The lowest BCUT2D eigenvalue weighted by atomic mass is 10.1. The average Bonchev–Trinajstić information content (AvgIpc) is 3.19. The van der Waals surface area contributed by atoms with E-state index in [-0.39, 0.29) is 12.1 Å². The van der Waals surface area contributed by atoms with Gasteiger partial charge >= 0.3 is 6.03 Å². The lowest BCUT2D eigenvalue weighted by molar-refractivity contribution is 0.0595. The van der Waals surface area contributed by atoms with E-state index in [0.29, 0.717) is 19.3 Å². The Bertz CT molecular complexity index is 525. The van der Waals surface area contributed by atoms with E-state index in [1.54, 1.807) is 0 Å². The highest BCUT2D eigenvalue weighted by Gasteiger charge is 2.25. The second kappa shape index (κ2) is 9.15. The number of pyridine rings is 1. The van der Waals surface area contributed by atoms with Crippen molar-refractivity contribution in [3.63, 3.8) is 0 Å². The number of hydrogen-bond acceptors (Lipinski definition) is 4. The van der Waals surface area contributed by atoms with Crippen LogP contribution in [0.2, 0.25) is 0 Å². The minimum atomic E-state index is 0.0279. The van der Waals surface area contributed by atoms with Crippen LogP contribution in [0.25, 0.3) is 0 Å². The largest absolute Gasteiger partial charge is 0.376 e. The molecule has 0 radical (unpaired) electrons. The van der Waals surface area contributed by atoms with Gasteiger partial charge in [-0.2, -0.15) is 0 Å². The minimum Gasteiger partial charge on any atom is -0.376 e. The number of carbonyl (C=O) groups excluding carboxylic acids is 1. The monoisotopic (exact) mass is 346 g/mol. The molecule has 25 heavy (non-hydrogen) atoms. The highest BCUT2D eigenvalue weighted by atomic mass is 16.5. The van der Waals surface area contributed by atoms with E-state index in [1.165, 1.54) is 25.7 Å². The second-order valence-corrected chi connectivity index (χ2v) is 6.96. The maximum atomic E-state index is 12.3. The van der Waals surface area contributed by atoms with Crippen molar-refractivity contribution in [1.82, 2.24) is 20.1 Å². The molecule has 2 fully saturated rings. The van der Waals surface area contributed by atoms with Crippen LogP contribution >= 0.6 is 0 Å². The fourth-order valence-corrected chi connectivity index (χ4v) is 3.67. The summed E-state index contributed by atoms with van der Waals surface area (Å²) in [6.07, 6.45) is 7.14. The van der Waals surface area contributed by atoms with Gasteiger partial charge < -0.3 is 15.0 Å². The second-order valence-electron chi connectivity index (χ2n) is 6.96. The van der Waals surface area contributed by atoms with Gasteiger partial charge in [-0.25, -0.2) is 4.79 Å². The van der Waals surface area contributed by atoms with Gasteiger partial charge in [0.2, 0.25) is 0 Å². The molecule has 1 aromatic rings. The van der Waals surface area contributed by atoms with Crippen molar-refractivity contribution in [1.29, 1.82) is 0 Å². The first kappa shape index (κ1) is 18.1. The van der Waals surface area contributed by atoms with Gasteiger partial charge in [0.15, 0.2) is 0 Å². The lowest BCUT2D eigenvalue weighted by Crippen LogP contribution is -2.52. The predicted octanol–water partition coefficient (Wildman–Crippen LogP) is 2.43. The Morgan fingerprint density at radius 1 is 1.28 bits per heavy atom. The molecule has 1 saturated carbocycles. The molecule has 2 aliphatic rings. The third kappa shape index (κ3) is 5.16. The molecule has 138 valence electrons. The van der Waals surface area contributed by atoms with Crippen LogP contribution in [0.5, 0.6) is 0 Å². The van der Waals surface area contributed by atoms with Crippen LogP contribution < -0.4 is 5.32 Å². The fourth-order valence-electron chi connectivity index (χ4n) is 3.67. The summed E-state index contributed by atoms with van der Waals surface area (Å²) in [5.41, 5.74) is 1.09.